The fourth-order valence-corrected chi connectivity index (χ4v) is 2.43. The lowest BCUT2D eigenvalue weighted by Crippen LogP contribution is -2.25. The van der Waals surface area contributed by atoms with Crippen LogP contribution in [0.1, 0.15) is 23.7 Å². The maximum atomic E-state index is 11.9. The Labute approximate surface area is 102 Å². The third-order valence-electron chi connectivity index (χ3n) is 2.34. The average Bonchev–Trinajstić information content (AvgIpc) is 2.35. The van der Waals surface area contributed by atoms with Gasteiger partial charge in [0, 0.05) is 22.1 Å². The highest BCUT2D eigenvalue weighted by Crippen LogP contribution is 2.08. The summed E-state index contributed by atoms with van der Waals surface area (Å²) in [5.74, 6) is -1.21. The quantitative estimate of drug-likeness (QED) is 0.780. The third-order valence-corrected chi connectivity index (χ3v) is 3.95. The molecule has 92 valence electrons. The van der Waals surface area contributed by atoms with Crippen LogP contribution in [-0.4, -0.2) is 32.1 Å². The van der Waals surface area contributed by atoms with Crippen molar-refractivity contribution in [2.45, 2.75) is 18.6 Å². The molecule has 0 saturated carbocycles. The summed E-state index contributed by atoms with van der Waals surface area (Å²) >= 11 is 0. The molecule has 5 heteroatoms. The zero-order valence-corrected chi connectivity index (χ0v) is 10.3. The first-order valence-corrected chi connectivity index (χ1v) is 6.59. The summed E-state index contributed by atoms with van der Waals surface area (Å²) in [4.78, 5) is 22.2. The minimum absolute atomic E-state index is 0.00900. The predicted octanol–water partition coefficient (Wildman–Crippen LogP) is 1.48. The number of ketones is 1. The summed E-state index contributed by atoms with van der Waals surface area (Å²) in [5, 5.41) is 7.81. The monoisotopic (exact) mass is 254 g/mol. The van der Waals surface area contributed by atoms with Gasteiger partial charge < -0.3 is 5.11 Å². The summed E-state index contributed by atoms with van der Waals surface area (Å²) in [6.45, 7) is 1.56. The highest BCUT2D eigenvalue weighted by atomic mass is 32.2. The Kier molecular flexibility index (Phi) is 5.03. The SMILES string of the molecule is CC(C(=O)c1ccccc1)S(=O)CCC(=O)O. The molecule has 2 unspecified atom stereocenters. The molecular weight excluding hydrogens is 240 g/mol. The van der Waals surface area contributed by atoms with Crippen molar-refractivity contribution >= 4 is 22.6 Å². The molecule has 0 fully saturated rings. The average molecular weight is 254 g/mol. The molecule has 0 aliphatic rings. The van der Waals surface area contributed by atoms with Crippen LogP contribution in [0.5, 0.6) is 0 Å². The number of hydrogen-bond donors (Lipinski definition) is 1. The molecule has 0 bridgehead atoms. The summed E-state index contributed by atoms with van der Waals surface area (Å²) in [7, 11) is -1.45. The number of rotatable bonds is 6. The second-order valence-electron chi connectivity index (χ2n) is 3.60. The number of benzene rings is 1. The molecule has 0 aliphatic heterocycles. The molecule has 0 amide bonds. The van der Waals surface area contributed by atoms with E-state index >= 15 is 0 Å². The van der Waals surface area contributed by atoms with E-state index in [4.69, 9.17) is 5.11 Å². The van der Waals surface area contributed by atoms with Crippen LogP contribution in [0.3, 0.4) is 0 Å². The van der Waals surface area contributed by atoms with Gasteiger partial charge in [-0.1, -0.05) is 30.3 Å². The van der Waals surface area contributed by atoms with Gasteiger partial charge in [-0.15, -0.1) is 0 Å². The standard InChI is InChI=1S/C12H14O4S/c1-9(17(16)8-7-11(13)14)12(15)10-5-3-2-4-6-10/h2-6,9H,7-8H2,1H3,(H,13,14). The van der Waals surface area contributed by atoms with E-state index in [0.29, 0.717) is 5.56 Å². The molecule has 0 aromatic heterocycles. The predicted molar refractivity (Wildman–Crippen MR) is 65.5 cm³/mol. The third kappa shape index (κ3) is 4.11. The van der Waals surface area contributed by atoms with Crippen LogP contribution < -0.4 is 0 Å². The molecule has 17 heavy (non-hydrogen) atoms. The lowest BCUT2D eigenvalue weighted by Gasteiger charge is -2.09. The molecule has 0 radical (unpaired) electrons. The largest absolute Gasteiger partial charge is 0.481 e. The minimum atomic E-state index is -1.45. The Morgan fingerprint density at radius 2 is 1.88 bits per heavy atom. The number of carboxylic acid groups (broad SMARTS) is 1. The van der Waals surface area contributed by atoms with E-state index in [1.54, 1.807) is 37.3 Å². The van der Waals surface area contributed by atoms with Gasteiger partial charge in [0.1, 0.15) is 0 Å². The summed E-state index contributed by atoms with van der Waals surface area (Å²) in [6.07, 6.45) is -0.182. The Balaban J connectivity index is 2.64. The molecular formula is C12H14O4S. The molecule has 0 saturated heterocycles. The zero-order chi connectivity index (χ0) is 12.8. The van der Waals surface area contributed by atoms with Crippen molar-refractivity contribution in [1.82, 2.24) is 0 Å². The normalized spacial score (nSPS) is 13.9. The fourth-order valence-electron chi connectivity index (χ4n) is 1.32. The van der Waals surface area contributed by atoms with Crippen molar-refractivity contribution in [3.8, 4) is 0 Å². The number of aliphatic carboxylic acids is 1. The number of carbonyl (C=O) groups excluding carboxylic acids is 1. The maximum absolute atomic E-state index is 11.9. The molecule has 0 spiro atoms. The van der Waals surface area contributed by atoms with Crippen LogP contribution in [0.2, 0.25) is 0 Å². The van der Waals surface area contributed by atoms with E-state index in [0.717, 1.165) is 0 Å². The number of carbonyl (C=O) groups is 2. The Morgan fingerprint density at radius 1 is 1.29 bits per heavy atom. The van der Waals surface area contributed by atoms with E-state index in [-0.39, 0.29) is 18.0 Å². The molecule has 0 heterocycles. The molecule has 2 atom stereocenters. The first kappa shape index (κ1) is 13.6. The van der Waals surface area contributed by atoms with Gasteiger partial charge >= 0.3 is 5.97 Å². The van der Waals surface area contributed by atoms with Crippen LogP contribution in [-0.2, 0) is 15.6 Å². The van der Waals surface area contributed by atoms with Crippen molar-refractivity contribution in [2.75, 3.05) is 5.75 Å². The van der Waals surface area contributed by atoms with Gasteiger partial charge in [-0.2, -0.15) is 0 Å². The highest BCUT2D eigenvalue weighted by Gasteiger charge is 2.21. The second kappa shape index (κ2) is 6.30. The van der Waals surface area contributed by atoms with Crippen molar-refractivity contribution in [3.63, 3.8) is 0 Å². The number of carboxylic acids is 1. The molecule has 0 aliphatic carbocycles. The highest BCUT2D eigenvalue weighted by molar-refractivity contribution is 7.86. The van der Waals surface area contributed by atoms with Gasteiger partial charge in [-0.3, -0.25) is 13.8 Å². The number of hydrogen-bond acceptors (Lipinski definition) is 3. The van der Waals surface area contributed by atoms with Crippen molar-refractivity contribution in [1.29, 1.82) is 0 Å². The number of Topliss-reactive ketones (excluding diaryl/α,β-unsaturated/α-hetero) is 1. The van der Waals surface area contributed by atoms with Gasteiger partial charge in [-0.25, -0.2) is 0 Å². The molecule has 1 aromatic carbocycles. The van der Waals surface area contributed by atoms with Crippen LogP contribution in [0, 0.1) is 0 Å². The van der Waals surface area contributed by atoms with Crippen molar-refractivity contribution in [2.24, 2.45) is 0 Å². The fraction of sp³-hybridized carbons (Fsp3) is 0.333. The van der Waals surface area contributed by atoms with E-state index in [2.05, 4.69) is 0 Å². The van der Waals surface area contributed by atoms with Gasteiger partial charge in [0.2, 0.25) is 0 Å². The topological polar surface area (TPSA) is 71.4 Å². The Morgan fingerprint density at radius 3 is 2.41 bits per heavy atom. The second-order valence-corrected chi connectivity index (χ2v) is 5.48. The van der Waals surface area contributed by atoms with E-state index < -0.39 is 22.0 Å². The van der Waals surface area contributed by atoms with Gasteiger partial charge in [0.05, 0.1) is 11.7 Å². The van der Waals surface area contributed by atoms with Gasteiger partial charge in [0.25, 0.3) is 0 Å². The maximum Gasteiger partial charge on any atom is 0.304 e. The molecule has 1 rings (SSSR count). The minimum Gasteiger partial charge on any atom is -0.481 e. The van der Waals surface area contributed by atoms with E-state index in [1.165, 1.54) is 0 Å². The molecule has 1 N–H and O–H groups in total. The Bertz CT molecular complexity index is 427. The Hall–Kier alpha value is -1.49. The smallest absolute Gasteiger partial charge is 0.304 e. The first-order valence-electron chi connectivity index (χ1n) is 5.20. The van der Waals surface area contributed by atoms with E-state index in [1.807, 2.05) is 0 Å². The molecule has 4 nitrogen and oxygen atoms in total. The van der Waals surface area contributed by atoms with Gasteiger partial charge in [0.15, 0.2) is 5.78 Å². The molecule has 1 aromatic rings. The van der Waals surface area contributed by atoms with Crippen LogP contribution in [0.15, 0.2) is 30.3 Å². The zero-order valence-electron chi connectivity index (χ0n) is 9.46. The summed E-state index contributed by atoms with van der Waals surface area (Å²) in [5.41, 5.74) is 0.503. The van der Waals surface area contributed by atoms with Crippen LogP contribution in [0.25, 0.3) is 0 Å². The van der Waals surface area contributed by atoms with Crippen LogP contribution in [0.4, 0.5) is 0 Å². The summed E-state index contributed by atoms with van der Waals surface area (Å²) < 4.78 is 11.7. The van der Waals surface area contributed by atoms with Crippen molar-refractivity contribution < 1.29 is 18.9 Å². The van der Waals surface area contributed by atoms with Gasteiger partial charge in [-0.05, 0) is 6.92 Å². The van der Waals surface area contributed by atoms with Crippen molar-refractivity contribution in [3.05, 3.63) is 35.9 Å². The lowest BCUT2D eigenvalue weighted by molar-refractivity contribution is -0.136. The first-order chi connectivity index (χ1) is 8.02. The summed E-state index contributed by atoms with van der Waals surface area (Å²) in [6, 6.07) is 8.59. The lowest BCUT2D eigenvalue weighted by atomic mass is 10.1. The van der Waals surface area contributed by atoms with Crippen LogP contribution >= 0.6 is 0 Å². The van der Waals surface area contributed by atoms with E-state index in [9.17, 15) is 13.8 Å².